The summed E-state index contributed by atoms with van der Waals surface area (Å²) in [4.78, 5) is 16.4. The lowest BCUT2D eigenvalue weighted by molar-refractivity contribution is -0.153. The number of nitrogens with zero attached hydrogens (tertiary/aromatic N) is 1. The number of rotatable bonds is 5. The third-order valence-electron chi connectivity index (χ3n) is 3.65. The molecule has 0 amide bonds. The highest BCUT2D eigenvalue weighted by Crippen LogP contribution is 2.30. The van der Waals surface area contributed by atoms with Crippen LogP contribution in [0.5, 0.6) is 0 Å². The monoisotopic (exact) mass is 429 g/mol. The van der Waals surface area contributed by atoms with Crippen molar-refractivity contribution in [3.8, 4) is 0 Å². The molecule has 1 unspecified atom stereocenters. The molecule has 0 saturated carbocycles. The molecule has 1 aliphatic carbocycles. The van der Waals surface area contributed by atoms with Gasteiger partial charge in [-0.25, -0.2) is 0 Å². The third-order valence-corrected chi connectivity index (χ3v) is 4.56. The summed E-state index contributed by atoms with van der Waals surface area (Å²) in [6, 6.07) is 0. The topological polar surface area (TPSA) is 38.7 Å². The molecule has 128 valence electrons. The first-order chi connectivity index (χ1) is 10.7. The summed E-state index contributed by atoms with van der Waals surface area (Å²) in [7, 11) is 0. The van der Waals surface area contributed by atoms with Crippen LogP contribution in [0.2, 0.25) is 0 Å². The molecule has 0 N–H and O–H groups in total. The SMILES string of the molecule is C=C(N=C/C(I)=C\C)C1CCC=C(CC(=O)OC(C)(C)C)CC1. The van der Waals surface area contributed by atoms with Gasteiger partial charge in [0.2, 0.25) is 0 Å². The van der Waals surface area contributed by atoms with Gasteiger partial charge in [0.15, 0.2) is 0 Å². The fourth-order valence-corrected chi connectivity index (χ4v) is 2.62. The number of carbonyl (C=O) groups is 1. The van der Waals surface area contributed by atoms with Crippen LogP contribution in [0.1, 0.15) is 59.8 Å². The number of halogens is 1. The highest BCUT2D eigenvalue weighted by Gasteiger charge is 2.20. The van der Waals surface area contributed by atoms with E-state index in [-0.39, 0.29) is 5.97 Å². The minimum absolute atomic E-state index is 0.137. The zero-order valence-electron chi connectivity index (χ0n) is 14.7. The maximum absolute atomic E-state index is 12.0. The largest absolute Gasteiger partial charge is 0.460 e. The second kappa shape index (κ2) is 9.40. The average molecular weight is 429 g/mol. The van der Waals surface area contributed by atoms with Gasteiger partial charge in [-0.05, 0) is 76.0 Å². The quantitative estimate of drug-likeness (QED) is 0.241. The summed E-state index contributed by atoms with van der Waals surface area (Å²) in [5.74, 6) is 0.251. The molecule has 0 aromatic rings. The predicted octanol–water partition coefficient (Wildman–Crippen LogP) is 5.76. The van der Waals surface area contributed by atoms with E-state index in [0.717, 1.165) is 35.0 Å². The number of ether oxygens (including phenoxy) is 1. The summed E-state index contributed by atoms with van der Waals surface area (Å²) in [6.07, 6.45) is 10.4. The first-order valence-corrected chi connectivity index (χ1v) is 9.23. The summed E-state index contributed by atoms with van der Waals surface area (Å²) in [6.45, 7) is 11.8. The van der Waals surface area contributed by atoms with Crippen LogP contribution in [0.3, 0.4) is 0 Å². The average Bonchev–Trinajstić information content (AvgIpc) is 2.67. The van der Waals surface area contributed by atoms with Crippen molar-refractivity contribution in [2.24, 2.45) is 10.9 Å². The molecule has 0 aromatic heterocycles. The Morgan fingerprint density at radius 2 is 2.17 bits per heavy atom. The van der Waals surface area contributed by atoms with E-state index in [4.69, 9.17) is 4.74 Å². The molecule has 0 aromatic carbocycles. The van der Waals surface area contributed by atoms with E-state index >= 15 is 0 Å². The Labute approximate surface area is 154 Å². The van der Waals surface area contributed by atoms with E-state index in [1.54, 1.807) is 0 Å². The first kappa shape index (κ1) is 20.1. The molecule has 1 rings (SSSR count). The Bertz CT molecular complexity index is 524. The van der Waals surface area contributed by atoms with Gasteiger partial charge in [0.25, 0.3) is 0 Å². The number of esters is 1. The van der Waals surface area contributed by atoms with Crippen molar-refractivity contribution < 1.29 is 9.53 Å². The number of carbonyl (C=O) groups excluding carboxylic acids is 1. The Kier molecular flexibility index (Phi) is 8.23. The Hall–Kier alpha value is -0.910. The fourth-order valence-electron chi connectivity index (χ4n) is 2.48. The van der Waals surface area contributed by atoms with Crippen LogP contribution in [0.4, 0.5) is 0 Å². The van der Waals surface area contributed by atoms with Crippen molar-refractivity contribution in [1.82, 2.24) is 0 Å². The number of aliphatic imine (C=N–C) groups is 1. The molecular weight excluding hydrogens is 401 g/mol. The molecule has 1 atom stereocenters. The summed E-state index contributed by atoms with van der Waals surface area (Å²) in [5.41, 5.74) is 1.70. The van der Waals surface area contributed by atoms with Crippen molar-refractivity contribution >= 4 is 34.8 Å². The van der Waals surface area contributed by atoms with Crippen molar-refractivity contribution in [1.29, 1.82) is 0 Å². The van der Waals surface area contributed by atoms with Gasteiger partial charge in [0.05, 0.1) is 6.42 Å². The van der Waals surface area contributed by atoms with Crippen LogP contribution in [0, 0.1) is 5.92 Å². The van der Waals surface area contributed by atoms with Crippen LogP contribution in [-0.2, 0) is 9.53 Å². The zero-order chi connectivity index (χ0) is 17.5. The summed E-state index contributed by atoms with van der Waals surface area (Å²) >= 11 is 2.25. The standard InChI is InChI=1S/C19H28INO2/c1-6-17(20)13-21-14(2)16-9-7-8-15(10-11-16)12-18(22)23-19(3,4)5/h6,8,13,16H,2,7,9-12H2,1,3-5H3/b17-6+,21-13?. The Morgan fingerprint density at radius 3 is 2.78 bits per heavy atom. The van der Waals surface area contributed by atoms with Gasteiger partial charge < -0.3 is 4.74 Å². The normalized spacial score (nSPS) is 20.1. The molecule has 0 spiro atoms. The Balaban J connectivity index is 2.52. The smallest absolute Gasteiger partial charge is 0.310 e. The molecule has 1 aliphatic rings. The number of hydrogen-bond acceptors (Lipinski definition) is 3. The minimum atomic E-state index is -0.419. The molecule has 0 bridgehead atoms. The molecule has 3 nitrogen and oxygen atoms in total. The third kappa shape index (κ3) is 8.49. The maximum Gasteiger partial charge on any atom is 0.310 e. The van der Waals surface area contributed by atoms with Crippen LogP contribution in [0.25, 0.3) is 0 Å². The zero-order valence-corrected chi connectivity index (χ0v) is 16.9. The lowest BCUT2D eigenvalue weighted by atomic mass is 9.96. The predicted molar refractivity (Wildman–Crippen MR) is 106 cm³/mol. The van der Waals surface area contributed by atoms with Gasteiger partial charge in [-0.15, -0.1) is 0 Å². The molecule has 0 saturated heterocycles. The van der Waals surface area contributed by atoms with Crippen molar-refractivity contribution in [3.05, 3.63) is 33.6 Å². The van der Waals surface area contributed by atoms with Crippen molar-refractivity contribution in [2.45, 2.75) is 65.4 Å². The maximum atomic E-state index is 12.0. The van der Waals surface area contributed by atoms with E-state index in [0.29, 0.717) is 12.3 Å². The second-order valence-electron chi connectivity index (χ2n) is 6.86. The van der Waals surface area contributed by atoms with E-state index < -0.39 is 5.60 Å². The van der Waals surface area contributed by atoms with E-state index in [1.165, 1.54) is 5.57 Å². The molecular formula is C19H28INO2. The second-order valence-corrected chi connectivity index (χ2v) is 8.11. The number of allylic oxidation sites excluding steroid dienone is 4. The fraction of sp³-hybridized carbons (Fsp3) is 0.579. The van der Waals surface area contributed by atoms with E-state index in [9.17, 15) is 4.79 Å². The Morgan fingerprint density at radius 1 is 1.48 bits per heavy atom. The summed E-state index contributed by atoms with van der Waals surface area (Å²) < 4.78 is 6.52. The minimum Gasteiger partial charge on any atom is -0.460 e. The molecule has 4 heteroatoms. The molecule has 0 aliphatic heterocycles. The van der Waals surface area contributed by atoms with Gasteiger partial charge in [-0.2, -0.15) is 0 Å². The van der Waals surface area contributed by atoms with Gasteiger partial charge in [0, 0.05) is 21.4 Å². The lowest BCUT2D eigenvalue weighted by Crippen LogP contribution is -2.24. The van der Waals surface area contributed by atoms with Gasteiger partial charge in [0.1, 0.15) is 5.60 Å². The number of hydrogen-bond donors (Lipinski definition) is 0. The van der Waals surface area contributed by atoms with Crippen molar-refractivity contribution in [2.75, 3.05) is 0 Å². The summed E-state index contributed by atoms with van der Waals surface area (Å²) in [5, 5.41) is 0. The first-order valence-electron chi connectivity index (χ1n) is 8.15. The van der Waals surface area contributed by atoms with E-state index in [2.05, 4.69) is 40.2 Å². The van der Waals surface area contributed by atoms with Gasteiger partial charge in [-0.1, -0.05) is 24.3 Å². The highest BCUT2D eigenvalue weighted by atomic mass is 127. The van der Waals surface area contributed by atoms with E-state index in [1.807, 2.05) is 40.0 Å². The van der Waals surface area contributed by atoms with Crippen molar-refractivity contribution in [3.63, 3.8) is 0 Å². The van der Waals surface area contributed by atoms with Crippen LogP contribution in [0.15, 0.2) is 38.6 Å². The van der Waals surface area contributed by atoms with Crippen LogP contribution in [-0.4, -0.2) is 17.8 Å². The van der Waals surface area contributed by atoms with Crippen LogP contribution < -0.4 is 0 Å². The lowest BCUT2D eigenvalue weighted by Gasteiger charge is -2.20. The molecule has 0 heterocycles. The molecule has 23 heavy (non-hydrogen) atoms. The van der Waals surface area contributed by atoms with Gasteiger partial charge in [-0.3, -0.25) is 9.79 Å². The molecule has 0 radical (unpaired) electrons. The molecule has 0 fully saturated rings. The van der Waals surface area contributed by atoms with Gasteiger partial charge >= 0.3 is 5.97 Å². The van der Waals surface area contributed by atoms with Crippen LogP contribution >= 0.6 is 22.6 Å². The highest BCUT2D eigenvalue weighted by molar-refractivity contribution is 14.1.